The second-order valence-electron chi connectivity index (χ2n) is 9.66. The van der Waals surface area contributed by atoms with Crippen LogP contribution < -0.4 is 5.32 Å². The van der Waals surface area contributed by atoms with Gasteiger partial charge in [0, 0.05) is 43.3 Å². The van der Waals surface area contributed by atoms with E-state index in [4.69, 9.17) is 4.74 Å². The van der Waals surface area contributed by atoms with Crippen LogP contribution in [-0.4, -0.2) is 63.8 Å². The first-order valence-corrected chi connectivity index (χ1v) is 12.3. The highest BCUT2D eigenvalue weighted by Crippen LogP contribution is 2.39. The van der Waals surface area contributed by atoms with Gasteiger partial charge in [-0.15, -0.1) is 10.2 Å². The molecule has 2 aliphatic rings. The minimum atomic E-state index is -4.53. The number of amides is 1. The molecule has 1 saturated carbocycles. The summed E-state index contributed by atoms with van der Waals surface area (Å²) >= 11 is 0. The van der Waals surface area contributed by atoms with E-state index in [2.05, 4.69) is 44.8 Å². The summed E-state index contributed by atoms with van der Waals surface area (Å²) in [6.07, 6.45) is 1.15. The molecular formula is C24H33F3N6O2. The van der Waals surface area contributed by atoms with E-state index in [1.165, 1.54) is 0 Å². The SMILES string of the molecule is CCCC1C[C@@H](N(C)C2CCOCC2)C[C@H]1C(=O)NCc1cc(-c2nn[nH]n2)cc(C(F)(F)F)c1. The van der Waals surface area contributed by atoms with Crippen molar-refractivity contribution in [2.45, 2.75) is 70.3 Å². The molecule has 35 heavy (non-hydrogen) atoms. The van der Waals surface area contributed by atoms with Gasteiger partial charge in [-0.25, -0.2) is 0 Å². The minimum absolute atomic E-state index is 0.00339. The van der Waals surface area contributed by atoms with Crippen LogP contribution in [0.5, 0.6) is 0 Å². The number of hydrogen-bond acceptors (Lipinski definition) is 6. The molecule has 1 saturated heterocycles. The van der Waals surface area contributed by atoms with Gasteiger partial charge >= 0.3 is 6.18 Å². The molecule has 11 heteroatoms. The van der Waals surface area contributed by atoms with E-state index in [1.54, 1.807) is 6.07 Å². The Morgan fingerprint density at radius 1 is 1.20 bits per heavy atom. The number of benzene rings is 1. The average molecular weight is 495 g/mol. The lowest BCUT2D eigenvalue weighted by Crippen LogP contribution is -2.42. The maximum Gasteiger partial charge on any atom is 0.416 e. The number of hydrogen-bond donors (Lipinski definition) is 2. The Labute approximate surface area is 203 Å². The van der Waals surface area contributed by atoms with Crippen molar-refractivity contribution >= 4 is 5.91 Å². The Morgan fingerprint density at radius 3 is 2.63 bits per heavy atom. The summed E-state index contributed by atoms with van der Waals surface area (Å²) in [6, 6.07) is 4.39. The number of ether oxygens (including phenoxy) is 1. The second kappa shape index (κ2) is 11.0. The number of aromatic amines is 1. The van der Waals surface area contributed by atoms with Crippen LogP contribution in [0.15, 0.2) is 18.2 Å². The molecule has 0 spiro atoms. The third-order valence-electron chi connectivity index (χ3n) is 7.40. The van der Waals surface area contributed by atoms with Crippen molar-refractivity contribution in [3.05, 3.63) is 29.3 Å². The number of halogens is 3. The Balaban J connectivity index is 1.45. The monoisotopic (exact) mass is 494 g/mol. The van der Waals surface area contributed by atoms with Gasteiger partial charge in [0.1, 0.15) is 0 Å². The van der Waals surface area contributed by atoms with E-state index in [0.29, 0.717) is 17.6 Å². The first-order valence-electron chi connectivity index (χ1n) is 12.3. The lowest BCUT2D eigenvalue weighted by atomic mass is 9.91. The Morgan fingerprint density at radius 2 is 1.97 bits per heavy atom. The molecule has 0 radical (unpaired) electrons. The molecule has 1 aromatic heterocycles. The topological polar surface area (TPSA) is 96.0 Å². The summed E-state index contributed by atoms with van der Waals surface area (Å²) in [6.45, 7) is 3.66. The molecule has 1 aromatic carbocycles. The highest BCUT2D eigenvalue weighted by Gasteiger charge is 2.41. The van der Waals surface area contributed by atoms with Gasteiger partial charge in [0.2, 0.25) is 11.7 Å². The summed E-state index contributed by atoms with van der Waals surface area (Å²) in [5, 5.41) is 16.2. The summed E-state index contributed by atoms with van der Waals surface area (Å²) in [5.41, 5.74) is -0.276. The first-order chi connectivity index (χ1) is 16.8. The molecule has 2 N–H and O–H groups in total. The fourth-order valence-corrected chi connectivity index (χ4v) is 5.52. The molecule has 1 aliphatic carbocycles. The maximum atomic E-state index is 13.5. The summed E-state index contributed by atoms with van der Waals surface area (Å²) in [4.78, 5) is 15.7. The predicted molar refractivity (Wildman–Crippen MR) is 123 cm³/mol. The van der Waals surface area contributed by atoms with Crippen molar-refractivity contribution in [3.63, 3.8) is 0 Å². The fraction of sp³-hybridized carbons (Fsp3) is 0.667. The van der Waals surface area contributed by atoms with Gasteiger partial charge in [-0.1, -0.05) is 13.3 Å². The lowest BCUT2D eigenvalue weighted by molar-refractivity contribution is -0.137. The second-order valence-corrected chi connectivity index (χ2v) is 9.66. The number of carbonyl (C=O) groups excluding carboxylic acids is 1. The number of nitrogens with one attached hydrogen (secondary N) is 2. The summed E-state index contributed by atoms with van der Waals surface area (Å²) < 4.78 is 45.9. The Hall–Kier alpha value is -2.53. The van der Waals surface area contributed by atoms with Gasteiger partial charge in [0.05, 0.1) is 5.56 Å². The fourth-order valence-electron chi connectivity index (χ4n) is 5.52. The first kappa shape index (κ1) is 25.6. The standard InChI is InChI=1S/C24H33F3N6O2/c1-3-4-16-12-20(33(2)19-5-7-35-8-6-19)13-21(16)23(34)28-14-15-9-17(22-29-31-32-30-22)11-18(10-15)24(25,26)27/h9-11,16,19-21H,3-8,12-14H2,1-2H3,(H,28,34)(H,29,30,31,32)/t16?,20-,21-/m1/s1. The Kier molecular flexibility index (Phi) is 8.05. The van der Waals surface area contributed by atoms with Crippen LogP contribution in [0.2, 0.25) is 0 Å². The van der Waals surface area contributed by atoms with Crippen molar-refractivity contribution in [2.24, 2.45) is 11.8 Å². The van der Waals surface area contributed by atoms with Crippen LogP contribution in [0.1, 0.15) is 56.6 Å². The van der Waals surface area contributed by atoms with Crippen molar-refractivity contribution in [3.8, 4) is 11.4 Å². The number of tetrazole rings is 1. The molecule has 1 unspecified atom stereocenters. The zero-order valence-electron chi connectivity index (χ0n) is 20.1. The number of alkyl halides is 3. The largest absolute Gasteiger partial charge is 0.416 e. The Bertz CT molecular complexity index is 978. The molecular weight excluding hydrogens is 461 g/mol. The van der Waals surface area contributed by atoms with E-state index >= 15 is 0 Å². The van der Waals surface area contributed by atoms with Crippen LogP contribution >= 0.6 is 0 Å². The molecule has 3 atom stereocenters. The van der Waals surface area contributed by atoms with E-state index in [1.807, 2.05) is 0 Å². The van der Waals surface area contributed by atoms with Crippen molar-refractivity contribution < 1.29 is 22.7 Å². The normalized spacial score (nSPS) is 23.7. The molecule has 1 amide bonds. The van der Waals surface area contributed by atoms with Crippen LogP contribution in [0.3, 0.4) is 0 Å². The van der Waals surface area contributed by atoms with Crippen molar-refractivity contribution in [1.82, 2.24) is 30.8 Å². The van der Waals surface area contributed by atoms with Crippen molar-refractivity contribution in [2.75, 3.05) is 20.3 Å². The lowest BCUT2D eigenvalue weighted by Gasteiger charge is -2.35. The molecule has 4 rings (SSSR count). The van der Waals surface area contributed by atoms with Gasteiger partial charge in [0.15, 0.2) is 0 Å². The maximum absolute atomic E-state index is 13.5. The highest BCUT2D eigenvalue weighted by atomic mass is 19.4. The average Bonchev–Trinajstić information content (AvgIpc) is 3.53. The zero-order valence-corrected chi connectivity index (χ0v) is 20.1. The molecule has 2 heterocycles. The van der Waals surface area contributed by atoms with Crippen LogP contribution in [-0.2, 0) is 22.3 Å². The molecule has 192 valence electrons. The van der Waals surface area contributed by atoms with Crippen LogP contribution in [0, 0.1) is 11.8 Å². The van der Waals surface area contributed by atoms with Crippen LogP contribution in [0.25, 0.3) is 11.4 Å². The smallest absolute Gasteiger partial charge is 0.381 e. The molecule has 2 aromatic rings. The number of carbonyl (C=O) groups is 1. The highest BCUT2D eigenvalue weighted by molar-refractivity contribution is 5.79. The van der Waals surface area contributed by atoms with E-state index < -0.39 is 11.7 Å². The van der Waals surface area contributed by atoms with E-state index in [-0.39, 0.29) is 35.7 Å². The molecule has 8 nitrogen and oxygen atoms in total. The minimum Gasteiger partial charge on any atom is -0.381 e. The quantitative estimate of drug-likeness (QED) is 0.580. The van der Waals surface area contributed by atoms with Gasteiger partial charge in [-0.05, 0) is 74.0 Å². The third-order valence-corrected chi connectivity index (χ3v) is 7.40. The summed E-state index contributed by atoms with van der Waals surface area (Å²) in [7, 11) is 2.14. The molecule has 1 aliphatic heterocycles. The molecule has 2 fully saturated rings. The summed E-state index contributed by atoms with van der Waals surface area (Å²) in [5.74, 6) is 0.0970. The van der Waals surface area contributed by atoms with Crippen LogP contribution in [0.4, 0.5) is 13.2 Å². The van der Waals surface area contributed by atoms with Gasteiger partial charge < -0.3 is 15.0 Å². The van der Waals surface area contributed by atoms with E-state index in [9.17, 15) is 18.0 Å². The third kappa shape index (κ3) is 6.19. The van der Waals surface area contributed by atoms with E-state index in [0.717, 1.165) is 63.9 Å². The number of nitrogens with zero attached hydrogens (tertiary/aromatic N) is 4. The van der Waals surface area contributed by atoms with Gasteiger partial charge in [0.25, 0.3) is 0 Å². The zero-order chi connectivity index (χ0) is 25.0. The predicted octanol–water partition coefficient (Wildman–Crippen LogP) is 3.81. The number of H-pyrrole nitrogens is 1. The van der Waals surface area contributed by atoms with Gasteiger partial charge in [-0.2, -0.15) is 18.4 Å². The molecule has 0 bridgehead atoms. The van der Waals surface area contributed by atoms with Crippen molar-refractivity contribution in [1.29, 1.82) is 0 Å². The number of aromatic nitrogens is 4. The number of rotatable bonds is 8. The van der Waals surface area contributed by atoms with Gasteiger partial charge in [-0.3, -0.25) is 4.79 Å².